The van der Waals surface area contributed by atoms with Crippen LogP contribution in [-0.2, 0) is 7.05 Å². The highest BCUT2D eigenvalue weighted by Gasteiger charge is 2.14. The highest BCUT2D eigenvalue weighted by Crippen LogP contribution is 2.29. The third-order valence-corrected chi connectivity index (χ3v) is 6.29. The average Bonchev–Trinajstić information content (AvgIpc) is 2.93. The van der Waals surface area contributed by atoms with Crippen molar-refractivity contribution in [3.63, 3.8) is 0 Å². The molecule has 2 heterocycles. The van der Waals surface area contributed by atoms with Gasteiger partial charge in [0.25, 0.3) is 5.56 Å². The van der Waals surface area contributed by atoms with Crippen molar-refractivity contribution in [2.75, 3.05) is 45.8 Å². The van der Waals surface area contributed by atoms with E-state index >= 15 is 0 Å². The third-order valence-electron chi connectivity index (χ3n) is 6.29. The Hall–Kier alpha value is -4.11. The lowest BCUT2D eigenvalue weighted by Crippen LogP contribution is -2.27. The van der Waals surface area contributed by atoms with Gasteiger partial charge in [-0.05, 0) is 61.1 Å². The number of hydrogen-bond acceptors (Lipinski definition) is 8. The number of likely N-dealkylation sites (N-methyl/N-ethyl adjacent to an activating group) is 1. The zero-order valence-electron chi connectivity index (χ0n) is 21.9. The van der Waals surface area contributed by atoms with Crippen LogP contribution >= 0.6 is 0 Å². The zero-order chi connectivity index (χ0) is 26.4. The molecule has 37 heavy (non-hydrogen) atoms. The Kier molecular flexibility index (Phi) is 8.25. The minimum atomic E-state index is -0.182. The van der Waals surface area contributed by atoms with Crippen LogP contribution in [0.4, 0.5) is 11.6 Å². The molecule has 9 nitrogen and oxygen atoms in total. The molecule has 0 saturated heterocycles. The first-order chi connectivity index (χ1) is 17.9. The predicted octanol–water partition coefficient (Wildman–Crippen LogP) is 4.48. The van der Waals surface area contributed by atoms with Gasteiger partial charge in [-0.1, -0.05) is 13.8 Å². The second kappa shape index (κ2) is 11.7. The van der Waals surface area contributed by atoms with Crippen LogP contribution in [0.3, 0.4) is 0 Å². The smallest absolute Gasteiger partial charge is 0.259 e. The van der Waals surface area contributed by atoms with E-state index in [1.807, 2.05) is 24.3 Å². The maximum absolute atomic E-state index is 13.2. The highest BCUT2D eigenvalue weighted by atomic mass is 16.5. The molecule has 0 bridgehead atoms. The van der Waals surface area contributed by atoms with Gasteiger partial charge in [0.15, 0.2) is 0 Å². The van der Waals surface area contributed by atoms with Crippen molar-refractivity contribution in [3.8, 4) is 28.4 Å². The molecule has 4 aromatic rings. The summed E-state index contributed by atoms with van der Waals surface area (Å²) >= 11 is 0. The van der Waals surface area contributed by atoms with E-state index in [2.05, 4.69) is 34.0 Å². The maximum atomic E-state index is 13.2. The fourth-order valence-corrected chi connectivity index (χ4v) is 4.07. The summed E-state index contributed by atoms with van der Waals surface area (Å²) in [6.07, 6.45) is 1.70. The lowest BCUT2D eigenvalue weighted by molar-refractivity contribution is 0.223. The molecule has 4 rings (SSSR count). The van der Waals surface area contributed by atoms with Crippen molar-refractivity contribution in [2.24, 2.45) is 7.05 Å². The van der Waals surface area contributed by atoms with E-state index in [0.29, 0.717) is 40.8 Å². The first-order valence-corrected chi connectivity index (χ1v) is 12.3. The van der Waals surface area contributed by atoms with Crippen molar-refractivity contribution >= 4 is 22.7 Å². The fraction of sp³-hybridized carbons (Fsp3) is 0.321. The molecular formula is C28H33N5O4. The first kappa shape index (κ1) is 26.0. The number of ether oxygens (including phenoxy) is 3. The second-order valence-electron chi connectivity index (χ2n) is 8.52. The van der Waals surface area contributed by atoms with Crippen molar-refractivity contribution in [1.29, 1.82) is 0 Å². The number of methoxy groups -OCH3 is 2. The Labute approximate surface area is 216 Å². The number of nitrogens with one attached hydrogen (secondary N) is 1. The quantitative estimate of drug-likeness (QED) is 0.321. The minimum Gasteiger partial charge on any atom is -0.497 e. The van der Waals surface area contributed by atoms with E-state index in [1.165, 1.54) is 4.57 Å². The summed E-state index contributed by atoms with van der Waals surface area (Å²) < 4.78 is 18.1. The Bertz CT molecular complexity index is 1390. The van der Waals surface area contributed by atoms with Crippen molar-refractivity contribution in [2.45, 2.75) is 13.8 Å². The topological polar surface area (TPSA) is 90.7 Å². The lowest BCUT2D eigenvalue weighted by Gasteiger charge is -2.18. The van der Waals surface area contributed by atoms with Crippen LogP contribution in [0.15, 0.2) is 59.5 Å². The van der Waals surface area contributed by atoms with Gasteiger partial charge in [0.05, 0.1) is 14.2 Å². The highest BCUT2D eigenvalue weighted by molar-refractivity contribution is 5.82. The molecule has 194 valence electrons. The number of pyridine rings is 1. The zero-order valence-corrected chi connectivity index (χ0v) is 21.9. The number of nitrogens with zero attached hydrogens (tertiary/aromatic N) is 4. The number of hydrogen-bond donors (Lipinski definition) is 1. The Morgan fingerprint density at radius 2 is 1.62 bits per heavy atom. The minimum absolute atomic E-state index is 0.182. The van der Waals surface area contributed by atoms with Gasteiger partial charge in [0, 0.05) is 42.5 Å². The standard InChI is InChI=1S/C28H33N5O4/c1-6-33(7-2)12-13-37-22-10-8-21(9-11-22)30-28-29-18-20-16-25(27(34)32(3)26(20)31-28)19-14-23(35-4)17-24(15-19)36-5/h8-11,14-18H,6-7,12-13H2,1-5H3,(H,29,30,31). The summed E-state index contributed by atoms with van der Waals surface area (Å²) in [6, 6.07) is 14.8. The molecule has 0 saturated carbocycles. The lowest BCUT2D eigenvalue weighted by atomic mass is 10.1. The van der Waals surface area contributed by atoms with Crippen LogP contribution in [0.2, 0.25) is 0 Å². The van der Waals surface area contributed by atoms with E-state index in [-0.39, 0.29) is 5.56 Å². The van der Waals surface area contributed by atoms with E-state index in [4.69, 9.17) is 14.2 Å². The largest absolute Gasteiger partial charge is 0.497 e. The van der Waals surface area contributed by atoms with Gasteiger partial charge in [-0.15, -0.1) is 0 Å². The molecule has 0 fully saturated rings. The molecule has 0 aliphatic heterocycles. The van der Waals surface area contributed by atoms with Gasteiger partial charge < -0.3 is 24.4 Å². The monoisotopic (exact) mass is 503 g/mol. The van der Waals surface area contributed by atoms with Crippen LogP contribution in [0.1, 0.15) is 13.8 Å². The summed E-state index contributed by atoms with van der Waals surface area (Å²) in [4.78, 5) is 24.6. The predicted molar refractivity (Wildman–Crippen MR) is 146 cm³/mol. The Balaban J connectivity index is 1.54. The molecule has 1 N–H and O–H groups in total. The summed E-state index contributed by atoms with van der Waals surface area (Å²) in [5.74, 6) is 2.41. The molecule has 0 amide bonds. The number of fused-ring (bicyclic) bond motifs is 1. The van der Waals surface area contributed by atoms with Crippen LogP contribution in [0, 0.1) is 0 Å². The summed E-state index contributed by atoms with van der Waals surface area (Å²) in [5.41, 5.74) is 2.37. The van der Waals surface area contributed by atoms with Gasteiger partial charge in [-0.25, -0.2) is 4.98 Å². The Morgan fingerprint density at radius 3 is 2.24 bits per heavy atom. The molecule has 0 spiro atoms. The van der Waals surface area contributed by atoms with E-state index in [9.17, 15) is 4.79 Å². The number of aryl methyl sites for hydroxylation is 1. The SMILES string of the molecule is CCN(CC)CCOc1ccc(Nc2ncc3cc(-c4cc(OC)cc(OC)c4)c(=O)n(C)c3n2)cc1. The maximum Gasteiger partial charge on any atom is 0.259 e. The summed E-state index contributed by atoms with van der Waals surface area (Å²) in [7, 11) is 4.85. The summed E-state index contributed by atoms with van der Waals surface area (Å²) in [5, 5.41) is 3.94. The molecule has 9 heteroatoms. The van der Waals surface area contributed by atoms with E-state index in [1.54, 1.807) is 51.7 Å². The Morgan fingerprint density at radius 1 is 0.946 bits per heavy atom. The van der Waals surface area contributed by atoms with Crippen LogP contribution in [0.5, 0.6) is 17.2 Å². The van der Waals surface area contributed by atoms with Gasteiger partial charge in [-0.2, -0.15) is 4.98 Å². The van der Waals surface area contributed by atoms with E-state index < -0.39 is 0 Å². The third kappa shape index (κ3) is 6.00. The number of rotatable bonds is 11. The number of benzene rings is 2. The first-order valence-electron chi connectivity index (χ1n) is 12.3. The average molecular weight is 504 g/mol. The molecule has 0 aliphatic rings. The molecule has 2 aromatic carbocycles. The van der Waals surface area contributed by atoms with Gasteiger partial charge >= 0.3 is 0 Å². The normalized spacial score (nSPS) is 11.1. The van der Waals surface area contributed by atoms with Crippen LogP contribution in [-0.4, -0.2) is 59.9 Å². The van der Waals surface area contributed by atoms with Crippen molar-refractivity contribution < 1.29 is 14.2 Å². The summed E-state index contributed by atoms with van der Waals surface area (Å²) in [6.45, 7) is 7.85. The van der Waals surface area contributed by atoms with Crippen molar-refractivity contribution in [1.82, 2.24) is 19.4 Å². The van der Waals surface area contributed by atoms with Gasteiger partial charge in [0.2, 0.25) is 5.95 Å². The second-order valence-corrected chi connectivity index (χ2v) is 8.52. The molecule has 0 atom stereocenters. The molecule has 0 unspecified atom stereocenters. The number of aromatic nitrogens is 3. The van der Waals surface area contributed by atoms with Gasteiger partial charge in [0.1, 0.15) is 29.5 Å². The fourth-order valence-electron chi connectivity index (χ4n) is 4.07. The molecule has 2 aromatic heterocycles. The van der Waals surface area contributed by atoms with Crippen LogP contribution in [0.25, 0.3) is 22.2 Å². The molecular weight excluding hydrogens is 470 g/mol. The van der Waals surface area contributed by atoms with E-state index in [0.717, 1.165) is 36.5 Å². The molecule has 0 aliphatic carbocycles. The molecule has 0 radical (unpaired) electrons. The van der Waals surface area contributed by atoms with Crippen LogP contribution < -0.4 is 25.1 Å². The number of anilines is 2. The van der Waals surface area contributed by atoms with Gasteiger partial charge in [-0.3, -0.25) is 9.36 Å². The van der Waals surface area contributed by atoms with Crippen molar-refractivity contribution in [3.05, 3.63) is 65.1 Å².